The molecule has 0 radical (unpaired) electrons. The van der Waals surface area contributed by atoms with Gasteiger partial charge in [0.15, 0.2) is 11.9 Å². The fraction of sp³-hybridized carbons (Fsp3) is 0.603. The Labute approximate surface area is 700 Å². The van der Waals surface area contributed by atoms with E-state index in [1.54, 1.807) is 72.0 Å². The zero-order valence-corrected chi connectivity index (χ0v) is 69.8. The van der Waals surface area contributed by atoms with Crippen molar-refractivity contribution in [2.75, 3.05) is 52.5 Å². The minimum absolute atomic E-state index is 0.00360. The van der Waals surface area contributed by atoms with Crippen LogP contribution in [0.15, 0.2) is 64.7 Å². The zero-order valence-electron chi connectivity index (χ0n) is 69.8. The van der Waals surface area contributed by atoms with Gasteiger partial charge in [0.1, 0.15) is 78.3 Å². The number of carbonyl (C=O) groups is 15. The fourth-order valence-corrected chi connectivity index (χ4v) is 13.0. The Balaban J connectivity index is 1.50. The molecule has 14 amide bonds. The maximum atomic E-state index is 14.6. The molecule has 43 heteroatoms. The average Bonchev–Trinajstić information content (AvgIpc) is 1.71. The van der Waals surface area contributed by atoms with Crippen molar-refractivity contribution in [2.24, 2.45) is 62.3 Å². The van der Waals surface area contributed by atoms with Gasteiger partial charge in [-0.1, -0.05) is 98.6 Å². The van der Waals surface area contributed by atoms with E-state index in [1.807, 2.05) is 13.8 Å². The van der Waals surface area contributed by atoms with Gasteiger partial charge in [0.2, 0.25) is 82.7 Å². The van der Waals surface area contributed by atoms with Gasteiger partial charge in [0.25, 0.3) is 0 Å². The molecule has 0 spiro atoms. The van der Waals surface area contributed by atoms with Crippen molar-refractivity contribution < 1.29 is 103 Å². The molecule has 0 unspecified atom stereocenters. The maximum absolute atomic E-state index is 14.6. The van der Waals surface area contributed by atoms with Crippen LogP contribution in [0.3, 0.4) is 0 Å². The van der Waals surface area contributed by atoms with E-state index in [1.165, 1.54) is 24.3 Å². The average molecular weight is 1710 g/mol. The number of likely N-dealkylation sites (tertiary alicyclic amines) is 1. The smallest absolute Gasteiger partial charge is 0.326 e. The van der Waals surface area contributed by atoms with Crippen LogP contribution in [0.2, 0.25) is 0 Å². The third-order valence-electron chi connectivity index (χ3n) is 20.1. The van der Waals surface area contributed by atoms with Crippen molar-refractivity contribution in [1.29, 1.82) is 0 Å². The molecular formula is C78H124N22O21. The van der Waals surface area contributed by atoms with Gasteiger partial charge in [-0.15, -0.1) is 0 Å². The number of guanidine groups is 2. The van der Waals surface area contributed by atoms with Crippen LogP contribution in [-0.4, -0.2) is 278 Å². The van der Waals surface area contributed by atoms with E-state index in [9.17, 15) is 103 Å². The molecule has 2 heterocycles. The molecule has 1 aromatic heterocycles. The molecule has 16 atom stereocenters. The first kappa shape index (κ1) is 102. The molecular weight excluding hydrogens is 1580 g/mol. The highest BCUT2D eigenvalue weighted by Crippen LogP contribution is 2.23. The minimum atomic E-state index is -1.94. The predicted molar refractivity (Wildman–Crippen MR) is 442 cm³/mol. The number of nitrogens with two attached hydrogens (primary N) is 5. The number of hydrogen-bond acceptors (Lipinski definition) is 23. The highest BCUT2D eigenvalue weighted by molar-refractivity contribution is 6.01. The number of aliphatic hydroxyl groups excluding tert-OH is 4. The summed E-state index contributed by atoms with van der Waals surface area (Å²) in [5.41, 5.74) is 29.8. The highest BCUT2D eigenvalue weighted by Gasteiger charge is 2.42. The lowest BCUT2D eigenvalue weighted by molar-refractivity contribution is -0.144. The predicted octanol–water partition coefficient (Wildman–Crippen LogP) is -6.72. The van der Waals surface area contributed by atoms with Crippen molar-refractivity contribution in [3.05, 3.63) is 65.9 Å². The number of benzene rings is 2. The van der Waals surface area contributed by atoms with Crippen LogP contribution < -0.4 is 97.8 Å². The number of hydrogen-bond donors (Lipinski definition) is 25. The van der Waals surface area contributed by atoms with E-state index < -0.39 is 218 Å². The number of carboxylic acids is 1. The second-order valence-electron chi connectivity index (χ2n) is 30.8. The number of fused-ring (bicyclic) bond motifs is 1. The molecule has 2 aromatic carbocycles. The number of aliphatic hydroxyl groups is 4. The van der Waals surface area contributed by atoms with Crippen molar-refractivity contribution in [1.82, 2.24) is 79.0 Å². The lowest BCUT2D eigenvalue weighted by Crippen LogP contribution is -2.62. The van der Waals surface area contributed by atoms with Crippen molar-refractivity contribution in [2.45, 2.75) is 224 Å². The summed E-state index contributed by atoms with van der Waals surface area (Å²) in [5, 5.41) is 95.2. The summed E-state index contributed by atoms with van der Waals surface area (Å²) in [6.45, 7) is 10.1. The monoisotopic (exact) mass is 1700 g/mol. The van der Waals surface area contributed by atoms with Gasteiger partial charge in [0, 0.05) is 49.6 Å². The molecule has 30 N–H and O–H groups in total. The summed E-state index contributed by atoms with van der Waals surface area (Å²) < 4.78 is 0. The van der Waals surface area contributed by atoms with Gasteiger partial charge in [-0.2, -0.15) is 0 Å². The molecule has 43 nitrogen and oxygen atoms in total. The first-order valence-corrected chi connectivity index (χ1v) is 40.3. The number of nitrogens with zero attached hydrogens (tertiary/aromatic N) is 3. The number of rotatable bonds is 52. The molecule has 1 fully saturated rings. The molecule has 0 aliphatic carbocycles. The topological polar surface area (TPSA) is 708 Å². The number of phenolic OH excluding ortho intramolecular Hbond substituents is 1. The minimum Gasteiger partial charge on any atom is -0.508 e. The first-order chi connectivity index (χ1) is 57.2. The number of carbonyl (C=O) groups excluding carboxylic acids is 14. The molecule has 4 rings (SSSR count). The molecule has 3 aromatic rings. The van der Waals surface area contributed by atoms with Gasteiger partial charge in [-0.3, -0.25) is 77.1 Å². The van der Waals surface area contributed by atoms with Gasteiger partial charge < -0.3 is 138 Å². The Hall–Kier alpha value is -11.8. The Morgan fingerprint density at radius 3 is 1.49 bits per heavy atom. The summed E-state index contributed by atoms with van der Waals surface area (Å²) in [7, 11) is 0. The SMILES string of the molecule is CC[C@H](C)[C@H](NC(=O)[C@H](CO)NC(=O)[C@H](Cc1c[nH]c2ccccc12)NC(=O)[C@@H](NC(=O)[C@H](CCCN=C(N)N)NC(=O)CNC(=O)[C@H](CO)NC(=O)[C@@H]1CCCN1C(=O)[C@H](CO)NC(=O)[C@@H](NC(=O)[C@H](CCCN=C(N)N)NC(=O)[C@H](Cc1ccc(O)cc1)NC(=O)[C@H](CC(C)C)NC(=O)CNC(=O)[C@@H](N)CC(C)C)[C@H](C)O)[C@@H](C)CC)C(=O)O. The van der Waals surface area contributed by atoms with Gasteiger partial charge in [-0.05, 0) is 111 Å². The van der Waals surface area contributed by atoms with E-state index in [4.69, 9.17) is 28.7 Å². The lowest BCUT2D eigenvalue weighted by atomic mass is 9.96. The molecule has 0 saturated carbocycles. The number of H-pyrrole nitrogens is 1. The van der Waals surface area contributed by atoms with E-state index in [-0.39, 0.29) is 113 Å². The third-order valence-corrected chi connectivity index (χ3v) is 20.1. The van der Waals surface area contributed by atoms with E-state index in [0.717, 1.165) is 11.8 Å². The number of nitrogens with one attached hydrogen (secondary N) is 14. The molecule has 1 aliphatic heterocycles. The van der Waals surface area contributed by atoms with E-state index >= 15 is 0 Å². The second kappa shape index (κ2) is 50.9. The highest BCUT2D eigenvalue weighted by atomic mass is 16.4. The van der Waals surface area contributed by atoms with Crippen LogP contribution in [0.4, 0.5) is 0 Å². The number of aromatic amines is 1. The fourth-order valence-electron chi connectivity index (χ4n) is 13.0. The van der Waals surface area contributed by atoms with Gasteiger partial charge in [-0.25, -0.2) is 4.79 Å². The van der Waals surface area contributed by atoms with Crippen LogP contribution in [-0.2, 0) is 84.8 Å². The lowest BCUT2D eigenvalue weighted by Gasteiger charge is -2.30. The summed E-state index contributed by atoms with van der Waals surface area (Å²) in [6, 6.07) is -7.29. The second-order valence-corrected chi connectivity index (χ2v) is 30.8. The van der Waals surface area contributed by atoms with Crippen LogP contribution >= 0.6 is 0 Å². The summed E-state index contributed by atoms with van der Waals surface area (Å²) in [4.78, 5) is 220. The molecule has 121 heavy (non-hydrogen) atoms. The standard InChI is InChI=1S/C78H124N22O21/c1-10-41(7)61(73(117)93-54(32-45-33-86-49-18-13-12-17-47(45)49)70(114)94-56(37-102)71(115)98-62(76(120)121)42(8)11-2)97-66(110)50(19-14-26-84-77(80)81)89-59(106)35-88-65(109)55(36-101)95-72(116)58-21-16-28-100(58)75(119)57(38-103)96-74(118)63(43(9)104)99-67(111)51(20-15-27-85-78(82)83)91-69(113)53(31-44-22-24-46(105)25-23-44)92-68(112)52(30-40(5)6)90-60(107)34-87-64(108)48(79)29-39(3)4/h12-13,17-18,22-25,33,39-43,48,50-58,61-63,86,101-105H,10-11,14-16,19-21,26-32,34-38,79H2,1-9H3,(H,87,108)(H,88,109)(H,89,106)(H,90,107)(H,91,113)(H,92,112)(H,93,117)(H,94,114)(H,95,116)(H,96,118)(H,97,110)(H,98,115)(H,99,111)(H,120,121)(H4,80,81,84)(H4,82,83,85)/t41-,42-,43-,48-,50-,51-,52-,53-,54-,55-,56-,57-,58-,61-,62-,63-/m0/s1. The number of aliphatic carboxylic acids is 1. The first-order valence-electron chi connectivity index (χ1n) is 40.3. The number of amides is 14. The summed E-state index contributed by atoms with van der Waals surface area (Å²) in [5.74, 6) is -17.1. The number of phenols is 1. The van der Waals surface area contributed by atoms with Crippen molar-refractivity contribution in [3.8, 4) is 5.75 Å². The number of aliphatic imine (C=N–C) groups is 2. The van der Waals surface area contributed by atoms with Crippen LogP contribution in [0.1, 0.15) is 138 Å². The van der Waals surface area contributed by atoms with Gasteiger partial charge in [0.05, 0.1) is 45.1 Å². The number of para-hydroxylation sites is 1. The van der Waals surface area contributed by atoms with Gasteiger partial charge >= 0.3 is 5.97 Å². The normalized spacial score (nSPS) is 16.2. The Morgan fingerprint density at radius 2 is 0.950 bits per heavy atom. The van der Waals surface area contributed by atoms with Crippen LogP contribution in [0, 0.1) is 23.7 Å². The van der Waals surface area contributed by atoms with Crippen LogP contribution in [0.5, 0.6) is 5.75 Å². The third kappa shape index (κ3) is 33.7. The quantitative estimate of drug-likeness (QED) is 0.0142. The number of carboxylic acid groups (broad SMARTS) is 1. The van der Waals surface area contributed by atoms with Crippen LogP contribution in [0.25, 0.3) is 10.9 Å². The Bertz CT molecular complexity index is 4060. The Kier molecular flexibility index (Phi) is 42.7. The molecule has 1 aliphatic rings. The summed E-state index contributed by atoms with van der Waals surface area (Å²) >= 11 is 0. The number of aromatic hydroxyl groups is 1. The molecule has 0 bridgehead atoms. The largest absolute Gasteiger partial charge is 0.508 e. The number of aromatic nitrogens is 1. The van der Waals surface area contributed by atoms with E-state index in [2.05, 4.69) is 84.1 Å². The molecule has 672 valence electrons. The van der Waals surface area contributed by atoms with E-state index in [0.29, 0.717) is 34.9 Å². The zero-order chi connectivity index (χ0) is 90.5. The van der Waals surface area contributed by atoms with Crippen molar-refractivity contribution in [3.63, 3.8) is 0 Å². The summed E-state index contributed by atoms with van der Waals surface area (Å²) in [6.07, 6.45) is 0.0257. The Morgan fingerprint density at radius 1 is 0.504 bits per heavy atom. The maximum Gasteiger partial charge on any atom is 0.326 e. The van der Waals surface area contributed by atoms with Crippen molar-refractivity contribution >= 4 is 111 Å². The molecule has 1 saturated heterocycles.